The van der Waals surface area contributed by atoms with Crippen LogP contribution in [0.25, 0.3) is 11.3 Å². The van der Waals surface area contributed by atoms with Crippen LogP contribution < -0.4 is 4.74 Å². The first-order valence-corrected chi connectivity index (χ1v) is 8.96. The Labute approximate surface area is 162 Å². The lowest BCUT2D eigenvalue weighted by atomic mass is 9.95. The number of hydrogen-bond acceptors (Lipinski definition) is 5. The van der Waals surface area contributed by atoms with E-state index in [1.165, 1.54) is 0 Å². The van der Waals surface area contributed by atoms with Crippen molar-refractivity contribution in [2.75, 3.05) is 27.4 Å². The second-order valence-electron chi connectivity index (χ2n) is 6.55. The number of hydrogen-bond donors (Lipinski definition) is 2. The third kappa shape index (κ3) is 2.90. The minimum Gasteiger partial charge on any atom is -0.507 e. The van der Waals surface area contributed by atoms with Gasteiger partial charge in [0.1, 0.15) is 22.9 Å². The summed E-state index contributed by atoms with van der Waals surface area (Å²) in [6, 6.07) is 14.2. The van der Waals surface area contributed by atoms with E-state index in [-0.39, 0.29) is 17.7 Å². The number of fused-ring (bicyclic) bond motifs is 1. The number of rotatable bonds is 6. The minimum absolute atomic E-state index is 0.115. The van der Waals surface area contributed by atoms with Gasteiger partial charge in [0.25, 0.3) is 5.91 Å². The SMILES string of the molecule is COCCN1C(=O)c2[nH]nc(-c3ccccc3O)c2[C@H]1c1cccc(OC)c1. The number of carbonyl (C=O) groups is 1. The highest BCUT2D eigenvalue weighted by atomic mass is 16.5. The zero-order chi connectivity index (χ0) is 19.7. The number of nitrogens with zero attached hydrogens (tertiary/aromatic N) is 2. The molecule has 0 saturated carbocycles. The number of phenols is 1. The molecule has 2 N–H and O–H groups in total. The number of aromatic amines is 1. The molecule has 1 aromatic heterocycles. The molecule has 2 aromatic carbocycles. The summed E-state index contributed by atoms with van der Waals surface area (Å²) in [5, 5.41) is 17.6. The number of carbonyl (C=O) groups excluding carboxylic acids is 1. The van der Waals surface area contributed by atoms with Crippen LogP contribution in [0.2, 0.25) is 0 Å². The molecule has 3 aromatic rings. The highest BCUT2D eigenvalue weighted by Crippen LogP contribution is 2.44. The maximum Gasteiger partial charge on any atom is 0.273 e. The smallest absolute Gasteiger partial charge is 0.273 e. The molecule has 7 heteroatoms. The molecule has 144 valence electrons. The van der Waals surface area contributed by atoms with Gasteiger partial charge in [-0.2, -0.15) is 5.10 Å². The Morgan fingerprint density at radius 2 is 2.00 bits per heavy atom. The van der Waals surface area contributed by atoms with Gasteiger partial charge in [-0.1, -0.05) is 24.3 Å². The molecule has 0 fully saturated rings. The number of benzene rings is 2. The molecular formula is C21H21N3O4. The predicted octanol–water partition coefficient (Wildman–Crippen LogP) is 2.98. The quantitative estimate of drug-likeness (QED) is 0.687. The predicted molar refractivity (Wildman–Crippen MR) is 103 cm³/mol. The topological polar surface area (TPSA) is 87.7 Å². The minimum atomic E-state index is -0.360. The van der Waals surface area contributed by atoms with Crippen molar-refractivity contribution < 1.29 is 19.4 Å². The van der Waals surface area contributed by atoms with Crippen LogP contribution in [-0.2, 0) is 4.74 Å². The van der Waals surface area contributed by atoms with Crippen molar-refractivity contribution in [2.45, 2.75) is 6.04 Å². The van der Waals surface area contributed by atoms with Gasteiger partial charge in [0.2, 0.25) is 0 Å². The van der Waals surface area contributed by atoms with Crippen molar-refractivity contribution in [1.29, 1.82) is 0 Å². The first-order chi connectivity index (χ1) is 13.7. The summed E-state index contributed by atoms with van der Waals surface area (Å²) in [5.74, 6) is 0.677. The van der Waals surface area contributed by atoms with Crippen LogP contribution in [0.5, 0.6) is 11.5 Å². The number of aromatic hydroxyl groups is 1. The Kier molecular flexibility index (Phi) is 4.75. The van der Waals surface area contributed by atoms with Gasteiger partial charge in [0.05, 0.1) is 19.8 Å². The fourth-order valence-electron chi connectivity index (χ4n) is 3.65. The van der Waals surface area contributed by atoms with E-state index in [4.69, 9.17) is 9.47 Å². The summed E-state index contributed by atoms with van der Waals surface area (Å²) >= 11 is 0. The molecule has 0 aliphatic carbocycles. The largest absolute Gasteiger partial charge is 0.507 e. The van der Waals surface area contributed by atoms with Crippen LogP contribution in [0.15, 0.2) is 48.5 Å². The summed E-state index contributed by atoms with van der Waals surface area (Å²) in [5.41, 5.74) is 3.22. The number of para-hydroxylation sites is 1. The molecule has 1 amide bonds. The second-order valence-corrected chi connectivity index (χ2v) is 6.55. The number of aromatic nitrogens is 2. The number of phenolic OH excluding ortho intramolecular Hbond substituents is 1. The van der Waals surface area contributed by atoms with E-state index in [0.29, 0.717) is 35.9 Å². The summed E-state index contributed by atoms with van der Waals surface area (Å²) in [4.78, 5) is 14.8. The molecule has 0 spiro atoms. The van der Waals surface area contributed by atoms with E-state index in [0.717, 1.165) is 11.1 Å². The monoisotopic (exact) mass is 379 g/mol. The first-order valence-electron chi connectivity index (χ1n) is 8.96. The average molecular weight is 379 g/mol. The van der Waals surface area contributed by atoms with Crippen molar-refractivity contribution in [3.8, 4) is 22.8 Å². The maximum absolute atomic E-state index is 13.1. The zero-order valence-electron chi connectivity index (χ0n) is 15.7. The van der Waals surface area contributed by atoms with Gasteiger partial charge in [-0.3, -0.25) is 9.89 Å². The van der Waals surface area contributed by atoms with E-state index < -0.39 is 0 Å². The van der Waals surface area contributed by atoms with Gasteiger partial charge < -0.3 is 19.5 Å². The van der Waals surface area contributed by atoms with Gasteiger partial charge in [0.15, 0.2) is 0 Å². The van der Waals surface area contributed by atoms with Crippen molar-refractivity contribution in [2.24, 2.45) is 0 Å². The van der Waals surface area contributed by atoms with E-state index >= 15 is 0 Å². The van der Waals surface area contributed by atoms with Gasteiger partial charge in [-0.15, -0.1) is 0 Å². The highest BCUT2D eigenvalue weighted by molar-refractivity contribution is 6.00. The number of nitrogens with one attached hydrogen (secondary N) is 1. The van der Waals surface area contributed by atoms with E-state index in [1.807, 2.05) is 30.3 Å². The third-order valence-electron chi connectivity index (χ3n) is 4.97. The molecule has 28 heavy (non-hydrogen) atoms. The van der Waals surface area contributed by atoms with Crippen LogP contribution in [0.1, 0.15) is 27.7 Å². The molecular weight excluding hydrogens is 358 g/mol. The van der Waals surface area contributed by atoms with Gasteiger partial charge in [-0.05, 0) is 29.8 Å². The molecule has 0 bridgehead atoms. The van der Waals surface area contributed by atoms with Crippen LogP contribution in [0, 0.1) is 0 Å². The molecule has 4 rings (SSSR count). The maximum atomic E-state index is 13.1. The first kappa shape index (κ1) is 18.1. The van der Waals surface area contributed by atoms with Crippen molar-refractivity contribution in [3.63, 3.8) is 0 Å². The fourth-order valence-corrected chi connectivity index (χ4v) is 3.65. The lowest BCUT2D eigenvalue weighted by Gasteiger charge is -2.26. The zero-order valence-corrected chi connectivity index (χ0v) is 15.7. The molecule has 2 heterocycles. The fraction of sp³-hybridized carbons (Fsp3) is 0.238. The van der Waals surface area contributed by atoms with E-state index in [9.17, 15) is 9.90 Å². The van der Waals surface area contributed by atoms with E-state index in [1.54, 1.807) is 37.3 Å². The summed E-state index contributed by atoms with van der Waals surface area (Å²) in [6.45, 7) is 0.843. The standard InChI is InChI=1S/C21H21N3O4/c1-27-11-10-24-20(13-6-5-7-14(12-13)28-2)17-18(22-23-19(17)21(24)26)15-8-3-4-9-16(15)25/h3-9,12,20,25H,10-11H2,1-2H3,(H,22,23)/t20-/m1/s1. The normalized spacial score (nSPS) is 15.7. The van der Waals surface area contributed by atoms with Crippen LogP contribution in [0.4, 0.5) is 0 Å². The van der Waals surface area contributed by atoms with Crippen molar-refractivity contribution >= 4 is 5.91 Å². The summed E-state index contributed by atoms with van der Waals surface area (Å²) in [6.07, 6.45) is 0. The van der Waals surface area contributed by atoms with Crippen molar-refractivity contribution in [1.82, 2.24) is 15.1 Å². The molecule has 1 aliphatic heterocycles. The molecule has 0 radical (unpaired) electrons. The Balaban J connectivity index is 1.89. The Morgan fingerprint density at radius 3 is 2.75 bits per heavy atom. The van der Waals surface area contributed by atoms with Crippen LogP contribution >= 0.6 is 0 Å². The molecule has 0 unspecified atom stereocenters. The number of H-pyrrole nitrogens is 1. The molecule has 7 nitrogen and oxygen atoms in total. The Morgan fingerprint density at radius 1 is 1.18 bits per heavy atom. The third-order valence-corrected chi connectivity index (χ3v) is 4.97. The van der Waals surface area contributed by atoms with Gasteiger partial charge >= 0.3 is 0 Å². The van der Waals surface area contributed by atoms with Gasteiger partial charge in [-0.25, -0.2) is 0 Å². The second kappa shape index (κ2) is 7.36. The van der Waals surface area contributed by atoms with Gasteiger partial charge in [0, 0.05) is 24.8 Å². The molecule has 1 atom stereocenters. The average Bonchev–Trinajstić information content (AvgIpc) is 3.26. The highest BCUT2D eigenvalue weighted by Gasteiger charge is 2.42. The molecule has 1 aliphatic rings. The van der Waals surface area contributed by atoms with Crippen molar-refractivity contribution in [3.05, 3.63) is 65.4 Å². The lowest BCUT2D eigenvalue weighted by molar-refractivity contribution is 0.0677. The van der Waals surface area contributed by atoms with Crippen LogP contribution in [-0.4, -0.2) is 53.5 Å². The number of ether oxygens (including phenoxy) is 2. The number of amides is 1. The van der Waals surface area contributed by atoms with Crippen LogP contribution in [0.3, 0.4) is 0 Å². The Bertz CT molecular complexity index is 1010. The lowest BCUT2D eigenvalue weighted by Crippen LogP contribution is -2.32. The molecule has 0 saturated heterocycles. The number of methoxy groups -OCH3 is 2. The summed E-state index contributed by atoms with van der Waals surface area (Å²) < 4.78 is 10.6. The van der Waals surface area contributed by atoms with E-state index in [2.05, 4.69) is 10.2 Å². The Hall–Kier alpha value is -3.32. The summed E-state index contributed by atoms with van der Waals surface area (Å²) in [7, 11) is 3.22.